The zero-order chi connectivity index (χ0) is 23.9. The molecule has 11 nitrogen and oxygen atoms in total. The Labute approximate surface area is 194 Å². The van der Waals surface area contributed by atoms with Crippen molar-refractivity contribution in [1.82, 2.24) is 25.3 Å². The third kappa shape index (κ3) is 5.34. The molecule has 2 N–H and O–H groups in total. The van der Waals surface area contributed by atoms with Crippen LogP contribution in [0.25, 0.3) is 11.5 Å². The average Bonchev–Trinajstić information content (AvgIpc) is 3.34. The summed E-state index contributed by atoms with van der Waals surface area (Å²) in [5.74, 6) is -0.0250. The van der Waals surface area contributed by atoms with Crippen LogP contribution in [0.15, 0.2) is 70.1 Å². The first-order valence-electron chi connectivity index (χ1n) is 10.3. The van der Waals surface area contributed by atoms with Crippen LogP contribution in [0.2, 0.25) is 0 Å². The van der Waals surface area contributed by atoms with E-state index in [-0.39, 0.29) is 23.8 Å². The maximum absolute atomic E-state index is 12.9. The molecule has 11 heteroatoms. The van der Waals surface area contributed by atoms with Crippen LogP contribution in [-0.2, 0) is 22.7 Å². The minimum Gasteiger partial charge on any atom is -0.465 e. The van der Waals surface area contributed by atoms with E-state index >= 15 is 0 Å². The topological polar surface area (TPSA) is 133 Å². The molecule has 0 fully saturated rings. The van der Waals surface area contributed by atoms with E-state index in [0.717, 1.165) is 5.56 Å². The van der Waals surface area contributed by atoms with E-state index in [2.05, 4.69) is 30.9 Å². The summed E-state index contributed by atoms with van der Waals surface area (Å²) in [5.41, 5.74) is 7.77. The molecule has 0 atom stereocenters. The SMILES string of the molecule is COC(=O)c1ccc(-c2noc(Cn3c(C)ccc(NNOCc4ccccc4)c3=O)n2)nc1. The average molecular weight is 462 g/mol. The van der Waals surface area contributed by atoms with E-state index in [0.29, 0.717) is 29.2 Å². The highest BCUT2D eigenvalue weighted by molar-refractivity contribution is 5.89. The van der Waals surface area contributed by atoms with Gasteiger partial charge in [-0.2, -0.15) is 4.98 Å². The van der Waals surface area contributed by atoms with Gasteiger partial charge in [0.05, 0.1) is 19.3 Å². The van der Waals surface area contributed by atoms with Crippen LogP contribution in [0.4, 0.5) is 5.69 Å². The molecule has 4 aromatic rings. The maximum Gasteiger partial charge on any atom is 0.339 e. The summed E-state index contributed by atoms with van der Waals surface area (Å²) in [7, 11) is 1.30. The molecule has 0 aliphatic rings. The number of aromatic nitrogens is 4. The van der Waals surface area contributed by atoms with Crippen molar-refractivity contribution in [3.05, 3.63) is 93.9 Å². The molecule has 0 saturated heterocycles. The van der Waals surface area contributed by atoms with Gasteiger partial charge in [-0.3, -0.25) is 20.0 Å². The lowest BCUT2D eigenvalue weighted by Gasteiger charge is -2.12. The predicted octanol–water partition coefficient (Wildman–Crippen LogP) is 2.48. The van der Waals surface area contributed by atoms with Crippen LogP contribution in [0, 0.1) is 6.92 Å². The zero-order valence-electron chi connectivity index (χ0n) is 18.5. The molecule has 0 aliphatic carbocycles. The van der Waals surface area contributed by atoms with Gasteiger partial charge in [0, 0.05) is 11.9 Å². The molecule has 4 rings (SSSR count). The molecular formula is C23H22N6O5. The van der Waals surface area contributed by atoms with Crippen LogP contribution < -0.4 is 16.6 Å². The van der Waals surface area contributed by atoms with Gasteiger partial charge < -0.3 is 13.8 Å². The van der Waals surface area contributed by atoms with Gasteiger partial charge in [-0.05, 0) is 36.8 Å². The summed E-state index contributed by atoms with van der Waals surface area (Å²) in [6.45, 7) is 2.19. The monoisotopic (exact) mass is 462 g/mol. The minimum atomic E-state index is -0.490. The van der Waals surface area contributed by atoms with Gasteiger partial charge in [-0.15, -0.1) is 5.59 Å². The van der Waals surface area contributed by atoms with Crippen molar-refractivity contribution in [2.24, 2.45) is 0 Å². The number of rotatable bonds is 9. The lowest BCUT2D eigenvalue weighted by molar-refractivity contribution is 0.0434. The van der Waals surface area contributed by atoms with E-state index in [1.807, 2.05) is 30.3 Å². The number of benzene rings is 1. The molecule has 34 heavy (non-hydrogen) atoms. The summed E-state index contributed by atoms with van der Waals surface area (Å²) >= 11 is 0. The molecule has 0 bridgehead atoms. The first-order chi connectivity index (χ1) is 16.5. The number of hydrogen-bond donors (Lipinski definition) is 2. The Morgan fingerprint density at radius 3 is 2.68 bits per heavy atom. The predicted molar refractivity (Wildman–Crippen MR) is 121 cm³/mol. The lowest BCUT2D eigenvalue weighted by Crippen LogP contribution is -2.31. The molecule has 3 aromatic heterocycles. The first-order valence-corrected chi connectivity index (χ1v) is 10.3. The normalized spacial score (nSPS) is 10.8. The largest absolute Gasteiger partial charge is 0.465 e. The highest BCUT2D eigenvalue weighted by Gasteiger charge is 2.14. The number of methoxy groups -OCH3 is 1. The highest BCUT2D eigenvalue weighted by atomic mass is 16.7. The number of hydrogen-bond acceptors (Lipinski definition) is 10. The summed E-state index contributed by atoms with van der Waals surface area (Å²) in [6.07, 6.45) is 1.37. The van der Waals surface area contributed by atoms with Gasteiger partial charge in [0.25, 0.3) is 5.56 Å². The molecule has 0 radical (unpaired) electrons. The molecule has 0 amide bonds. The van der Waals surface area contributed by atoms with Gasteiger partial charge in [-0.1, -0.05) is 35.5 Å². The minimum absolute atomic E-state index is 0.0678. The third-order valence-electron chi connectivity index (χ3n) is 4.91. The second kappa shape index (κ2) is 10.5. The van der Waals surface area contributed by atoms with E-state index in [9.17, 15) is 9.59 Å². The molecule has 174 valence electrons. The van der Waals surface area contributed by atoms with Crippen molar-refractivity contribution < 1.29 is 18.9 Å². The number of pyridine rings is 2. The summed E-state index contributed by atoms with van der Waals surface area (Å²) in [6, 6.07) is 16.2. The number of nitrogens with zero attached hydrogens (tertiary/aromatic N) is 4. The number of aryl methyl sites for hydroxylation is 1. The molecule has 0 spiro atoms. The van der Waals surface area contributed by atoms with Crippen LogP contribution in [0.1, 0.15) is 27.5 Å². The van der Waals surface area contributed by atoms with E-state index in [1.165, 1.54) is 17.9 Å². The van der Waals surface area contributed by atoms with Crippen molar-refractivity contribution in [1.29, 1.82) is 0 Å². The van der Waals surface area contributed by atoms with Crippen molar-refractivity contribution in [2.45, 2.75) is 20.1 Å². The van der Waals surface area contributed by atoms with Crippen LogP contribution in [-0.4, -0.2) is 32.8 Å². The number of ether oxygens (including phenoxy) is 1. The number of esters is 1. The molecule has 1 aromatic carbocycles. The van der Waals surface area contributed by atoms with E-state index < -0.39 is 5.97 Å². The van der Waals surface area contributed by atoms with Gasteiger partial charge >= 0.3 is 5.97 Å². The highest BCUT2D eigenvalue weighted by Crippen LogP contribution is 2.15. The summed E-state index contributed by atoms with van der Waals surface area (Å²) in [4.78, 5) is 38.3. The summed E-state index contributed by atoms with van der Waals surface area (Å²) < 4.78 is 11.5. The van der Waals surface area contributed by atoms with Gasteiger partial charge in [0.2, 0.25) is 11.7 Å². The Balaban J connectivity index is 1.42. The van der Waals surface area contributed by atoms with Crippen molar-refractivity contribution in [3.63, 3.8) is 0 Å². The van der Waals surface area contributed by atoms with Crippen molar-refractivity contribution in [3.8, 4) is 11.5 Å². The van der Waals surface area contributed by atoms with Crippen molar-refractivity contribution in [2.75, 3.05) is 12.5 Å². The molecular weight excluding hydrogens is 440 g/mol. The number of anilines is 1. The lowest BCUT2D eigenvalue weighted by atomic mass is 10.2. The Morgan fingerprint density at radius 1 is 1.12 bits per heavy atom. The Bertz CT molecular complexity index is 1320. The smallest absolute Gasteiger partial charge is 0.339 e. The number of hydrazine groups is 1. The number of carbonyl (C=O) groups is 1. The standard InChI is InChI=1S/C23H22N6O5/c1-15-8-10-19(26-28-33-14-16-6-4-3-5-7-16)22(30)29(15)13-20-25-21(27-34-20)18-11-9-17(12-24-18)23(31)32-2/h3-12,26,28H,13-14H2,1-2H3. The fourth-order valence-corrected chi connectivity index (χ4v) is 3.07. The maximum atomic E-state index is 12.9. The fraction of sp³-hybridized carbons (Fsp3) is 0.174. The molecule has 0 aliphatic heterocycles. The quantitative estimate of drug-likeness (QED) is 0.217. The number of nitrogens with one attached hydrogen (secondary N) is 2. The third-order valence-corrected chi connectivity index (χ3v) is 4.91. The van der Waals surface area contributed by atoms with Gasteiger partial charge in [-0.25, -0.2) is 4.79 Å². The van der Waals surface area contributed by atoms with Gasteiger partial charge in [0.1, 0.15) is 17.9 Å². The van der Waals surface area contributed by atoms with Crippen molar-refractivity contribution >= 4 is 11.7 Å². The second-order valence-corrected chi connectivity index (χ2v) is 7.22. The number of carbonyl (C=O) groups excluding carboxylic acids is 1. The molecule has 0 unspecified atom stereocenters. The van der Waals surface area contributed by atoms with E-state index in [1.54, 1.807) is 31.2 Å². The Morgan fingerprint density at radius 2 is 1.94 bits per heavy atom. The second-order valence-electron chi connectivity index (χ2n) is 7.22. The molecule has 3 heterocycles. The summed E-state index contributed by atoms with van der Waals surface area (Å²) in [5, 5.41) is 3.92. The zero-order valence-corrected chi connectivity index (χ0v) is 18.5. The van der Waals surface area contributed by atoms with Gasteiger partial charge in [0.15, 0.2) is 0 Å². The Kier molecular flexibility index (Phi) is 7.06. The van der Waals surface area contributed by atoms with Crippen LogP contribution in [0.5, 0.6) is 0 Å². The van der Waals surface area contributed by atoms with Crippen LogP contribution >= 0.6 is 0 Å². The Hall–Kier alpha value is -4.35. The molecule has 0 saturated carbocycles. The first kappa shape index (κ1) is 22.8. The fourth-order valence-electron chi connectivity index (χ4n) is 3.07. The van der Waals surface area contributed by atoms with E-state index in [4.69, 9.17) is 9.36 Å². The van der Waals surface area contributed by atoms with Crippen LogP contribution in [0.3, 0.4) is 0 Å².